The average molecular weight is 1340 g/mol. The first kappa shape index (κ1) is 83.6. The quantitative estimate of drug-likeness (QED) is 0.0336. The summed E-state index contributed by atoms with van der Waals surface area (Å²) in [6, 6.07) is 31.9. The van der Waals surface area contributed by atoms with Crippen molar-refractivity contribution in [2.75, 3.05) is 0 Å². The van der Waals surface area contributed by atoms with Gasteiger partial charge in [-0.25, -0.2) is 0 Å². The minimum absolute atomic E-state index is 0.0216. The first-order valence-corrected chi connectivity index (χ1v) is 36.7. The molecule has 0 aliphatic heterocycles. The van der Waals surface area contributed by atoms with Gasteiger partial charge >= 0.3 is 23.9 Å². The van der Waals surface area contributed by atoms with Crippen molar-refractivity contribution in [3.8, 4) is 0 Å². The van der Waals surface area contributed by atoms with Gasteiger partial charge in [0.15, 0.2) is 0 Å². The predicted octanol–water partition coefficient (Wildman–Crippen LogP) is 21.4. The molecule has 532 valence electrons. The van der Waals surface area contributed by atoms with Crippen LogP contribution in [-0.4, -0.2) is 55.9 Å². The Hall–Kier alpha value is -5.66. The summed E-state index contributed by atoms with van der Waals surface area (Å²) < 4.78 is 54.0. The number of hydrogen-bond donors (Lipinski definition) is 0. The van der Waals surface area contributed by atoms with Gasteiger partial charge in [-0.3, -0.25) is 28.2 Å². The Morgan fingerprint density at radius 3 is 1.52 bits per heavy atom. The van der Waals surface area contributed by atoms with Gasteiger partial charge < -0.3 is 18.9 Å². The van der Waals surface area contributed by atoms with Crippen LogP contribution >= 0.6 is 0 Å². The van der Waals surface area contributed by atoms with E-state index in [0.29, 0.717) is 0 Å². The van der Waals surface area contributed by atoms with Crippen molar-refractivity contribution in [2.24, 2.45) is 32.5 Å². The number of esters is 4. The molecule has 12 nitrogen and oxygen atoms in total. The van der Waals surface area contributed by atoms with E-state index in [1.807, 2.05) is 145 Å². The smallest absolute Gasteiger partial charge is 0.312 e. The van der Waals surface area contributed by atoms with Crippen LogP contribution < -0.4 is 0 Å². The van der Waals surface area contributed by atoms with E-state index in [1.54, 1.807) is 26.0 Å². The summed E-state index contributed by atoms with van der Waals surface area (Å²) in [5.41, 5.74) is 1.26. The fraction of sp³-hybridized carbons (Fsp3) is 0.646. The van der Waals surface area contributed by atoms with E-state index in [1.165, 1.54) is 24.3 Å². The number of carbonyl (C=O) groups is 5. The largest absolute Gasteiger partial charge is 0.459 e. The second-order valence-corrected chi connectivity index (χ2v) is 34.5. The number of allylic oxidation sites excluding steroid dienone is 1. The topological polar surface area (TPSA) is 166 Å². The summed E-state index contributed by atoms with van der Waals surface area (Å²) >= 11 is 0. The van der Waals surface area contributed by atoms with Gasteiger partial charge in [-0.05, 0) is 255 Å². The summed E-state index contributed by atoms with van der Waals surface area (Å²) in [5.74, 6) is -0.497. The van der Waals surface area contributed by atoms with Crippen molar-refractivity contribution in [1.29, 1.82) is 0 Å². The van der Waals surface area contributed by atoms with Gasteiger partial charge in [0.25, 0.3) is 10.1 Å². The van der Waals surface area contributed by atoms with E-state index >= 15 is 0 Å². The maximum atomic E-state index is 12.8. The lowest BCUT2D eigenvalue weighted by atomic mass is 9.65. The van der Waals surface area contributed by atoms with Crippen LogP contribution in [0.2, 0.25) is 0 Å². The molecule has 7 rings (SSSR count). The van der Waals surface area contributed by atoms with E-state index in [2.05, 4.69) is 97.9 Å². The Morgan fingerprint density at radius 2 is 1.02 bits per heavy atom. The Bertz CT molecular complexity index is 3280. The third-order valence-electron chi connectivity index (χ3n) is 20.5. The molecule has 0 spiro atoms. The van der Waals surface area contributed by atoms with Crippen LogP contribution in [0.25, 0.3) is 10.8 Å². The van der Waals surface area contributed by atoms with Crippen LogP contribution in [0.15, 0.2) is 114 Å². The molecule has 13 heteroatoms. The Balaban J connectivity index is 0.000000314. The molecule has 4 aromatic carbocycles. The normalized spacial score (nSPS) is 18.0. The van der Waals surface area contributed by atoms with Crippen molar-refractivity contribution in [1.82, 2.24) is 0 Å². The summed E-state index contributed by atoms with van der Waals surface area (Å²) in [4.78, 5) is 59.5. The maximum absolute atomic E-state index is 12.8. The molecule has 0 aromatic heterocycles. The fourth-order valence-electron chi connectivity index (χ4n) is 10.8. The number of Topliss-reactive ketones (excluding diaryl/α,β-unsaturated/α-hetero) is 1. The van der Waals surface area contributed by atoms with Gasteiger partial charge in [0.2, 0.25) is 0 Å². The predicted molar refractivity (Wildman–Crippen MR) is 388 cm³/mol. The zero-order valence-corrected chi connectivity index (χ0v) is 64.4. The third-order valence-corrected chi connectivity index (χ3v) is 21.8. The highest BCUT2D eigenvalue weighted by Gasteiger charge is 2.44. The van der Waals surface area contributed by atoms with Gasteiger partial charge in [-0.1, -0.05) is 167 Å². The Kier molecular flexibility index (Phi) is 30.1. The van der Waals surface area contributed by atoms with E-state index in [9.17, 15) is 32.4 Å². The Morgan fingerprint density at radius 1 is 0.537 bits per heavy atom. The van der Waals surface area contributed by atoms with E-state index < -0.39 is 43.2 Å². The zero-order chi connectivity index (χ0) is 72.5. The van der Waals surface area contributed by atoms with Crippen LogP contribution in [0, 0.1) is 32.5 Å². The van der Waals surface area contributed by atoms with Crippen molar-refractivity contribution in [3.63, 3.8) is 0 Å². The van der Waals surface area contributed by atoms with Crippen LogP contribution in [-0.2, 0) is 73.8 Å². The van der Waals surface area contributed by atoms with Crippen molar-refractivity contribution in [3.05, 3.63) is 125 Å². The van der Waals surface area contributed by atoms with Gasteiger partial charge in [0, 0.05) is 6.42 Å². The average Bonchev–Trinajstić information content (AvgIpc) is 1.47. The number of hydrogen-bond acceptors (Lipinski definition) is 12. The molecule has 2 unspecified atom stereocenters. The number of carbonyl (C=O) groups excluding carboxylic acids is 5. The molecule has 0 heterocycles. The second kappa shape index (κ2) is 34.2. The highest BCUT2D eigenvalue weighted by Crippen LogP contribution is 2.48. The molecule has 3 aliphatic carbocycles. The van der Waals surface area contributed by atoms with Crippen molar-refractivity contribution >= 4 is 50.6 Å². The Labute approximate surface area is 576 Å². The summed E-state index contributed by atoms with van der Waals surface area (Å²) in [6.07, 6.45) is 16.4. The molecule has 2 atom stereocenters. The highest BCUT2D eigenvalue weighted by molar-refractivity contribution is 7.86. The number of fused-ring (bicyclic) bond motifs is 1. The van der Waals surface area contributed by atoms with E-state index in [0.717, 1.165) is 112 Å². The van der Waals surface area contributed by atoms with Crippen LogP contribution in [0.4, 0.5) is 0 Å². The first-order valence-electron chi connectivity index (χ1n) is 35.3. The van der Waals surface area contributed by atoms with Crippen LogP contribution in [0.3, 0.4) is 0 Å². The van der Waals surface area contributed by atoms with Crippen molar-refractivity contribution < 1.29 is 55.5 Å². The van der Waals surface area contributed by atoms with Crippen LogP contribution in [0.5, 0.6) is 0 Å². The number of rotatable bonds is 21. The lowest BCUT2D eigenvalue weighted by molar-refractivity contribution is -0.176. The van der Waals surface area contributed by atoms with Gasteiger partial charge in [-0.15, -0.1) is 0 Å². The van der Waals surface area contributed by atoms with Gasteiger partial charge in [0.05, 0.1) is 32.7 Å². The van der Waals surface area contributed by atoms with Gasteiger partial charge in [-0.2, -0.15) is 8.42 Å². The summed E-state index contributed by atoms with van der Waals surface area (Å²) in [7, 11) is -3.75. The molecule has 0 N–H and O–H groups in total. The molecule has 0 radical (unpaired) electrons. The number of ketones is 1. The van der Waals surface area contributed by atoms with Crippen LogP contribution in [0.1, 0.15) is 293 Å². The molecular formula is C82H126O12S. The summed E-state index contributed by atoms with van der Waals surface area (Å²) in [6.45, 7) is 49.4. The molecular weight excluding hydrogens is 1210 g/mol. The maximum Gasteiger partial charge on any atom is 0.312 e. The lowest BCUT2D eigenvalue weighted by Crippen LogP contribution is -2.42. The zero-order valence-electron chi connectivity index (χ0n) is 63.6. The molecule has 2 saturated carbocycles. The first-order chi connectivity index (χ1) is 43.6. The number of benzene rings is 4. The molecule has 4 aromatic rings. The third kappa shape index (κ3) is 25.3. The molecule has 3 aliphatic rings. The molecule has 0 bridgehead atoms. The lowest BCUT2D eigenvalue weighted by Gasteiger charge is -2.45. The van der Waals surface area contributed by atoms with E-state index in [-0.39, 0.29) is 74.8 Å². The SMILES string of the molecule is CCC(C)(C)C(=O)OC(C)(C)CC(C)=O.CCC(C)(C)C(=O)OC(C)(C)c1ccc2ccccc2c1.CCC(C)(C)C(=O)OC1(c2ccccc2)CCCCC1.CCC(C)(C)C(=O)OC1C=C(C)CC1.CCC(C)(C)c1ccc(S(=O)(=O)OC2CC(C)(C)CCC2(C)C)cc1. The standard InChI is InChI=1S/C21H34O3S.C19H24O2.C18H26O2.C12H22O3.C12H20O2/c1-8-20(4,5)16-9-11-17(12-10-16)25(22,23)24-18-15-19(2,3)13-14-21(18,6)7;1-6-18(2,3)17(20)21-19(4,5)16-12-11-14-9-7-8-10-15(14)13-16;1-4-17(2,3)16(19)20-18(13-9-6-10-14-18)15-11-7-5-8-12-15;1-7-11(3,4)10(14)15-12(5,6)8-9(2)13;1-5-12(3,4)11(13)14-10-7-6-9(2)8-10/h9-12,18H,8,13-15H2,1-7H3;7-13H,6H2,1-5H3;5,7-8,11-12H,4,6,9-10,13-14H2,1-3H3;7-8H2,1-6H3;8,10H,5-7H2,1-4H3. The number of ether oxygens (including phenoxy) is 4. The second-order valence-electron chi connectivity index (χ2n) is 32.9. The minimum atomic E-state index is -3.75. The van der Waals surface area contributed by atoms with E-state index in [4.69, 9.17) is 23.1 Å². The van der Waals surface area contributed by atoms with Crippen molar-refractivity contribution in [2.45, 2.75) is 315 Å². The highest BCUT2D eigenvalue weighted by atomic mass is 32.2. The molecule has 0 saturated heterocycles. The fourth-order valence-corrected chi connectivity index (χ4v) is 12.0. The molecule has 2 fully saturated rings. The molecule has 95 heavy (non-hydrogen) atoms. The van der Waals surface area contributed by atoms with Gasteiger partial charge in [0.1, 0.15) is 28.7 Å². The monoisotopic (exact) mass is 1330 g/mol. The minimum Gasteiger partial charge on any atom is -0.459 e. The summed E-state index contributed by atoms with van der Waals surface area (Å²) in [5, 5.41) is 2.35. The molecule has 0 amide bonds.